The van der Waals surface area contributed by atoms with Crippen molar-refractivity contribution in [3.05, 3.63) is 44.5 Å². The first-order valence-corrected chi connectivity index (χ1v) is 14.9. The molecule has 242 valence electrons. The molecule has 6 heterocycles. The molecule has 6 rings (SSSR count). The smallest absolute Gasteiger partial charge is 0.351 e. The summed E-state index contributed by atoms with van der Waals surface area (Å²) in [4.78, 5) is 32.3. The number of aromatic nitrogens is 4. The van der Waals surface area contributed by atoms with Gasteiger partial charge in [-0.2, -0.15) is 9.97 Å². The summed E-state index contributed by atoms with van der Waals surface area (Å²) >= 11 is 0. The van der Waals surface area contributed by atoms with Crippen LogP contribution in [0.25, 0.3) is 0 Å². The minimum Gasteiger partial charge on any atom is -0.383 e. The second kappa shape index (κ2) is 12.9. The van der Waals surface area contributed by atoms with Crippen LogP contribution in [-0.4, -0.2) is 88.2 Å². The van der Waals surface area contributed by atoms with Gasteiger partial charge in [-0.15, -0.1) is 12.8 Å². The third kappa shape index (κ3) is 5.63. The number of nitrogens with two attached hydrogens (primary N) is 1. The number of anilines is 2. The number of nitrogens with one attached hydrogen (secondary N) is 1. The molecule has 0 radical (unpaired) electrons. The molecule has 45 heavy (non-hydrogen) atoms. The normalized spacial score (nSPS) is 32.5. The van der Waals surface area contributed by atoms with Gasteiger partial charge in [-0.25, -0.2) is 9.59 Å². The Labute approximate surface area is 261 Å². The second-order valence-corrected chi connectivity index (χ2v) is 11.5. The van der Waals surface area contributed by atoms with Crippen LogP contribution >= 0.6 is 0 Å². The van der Waals surface area contributed by atoms with Gasteiger partial charge in [0.05, 0.1) is 13.2 Å². The number of hydrogen-bond acceptors (Lipinski definition) is 12. The van der Waals surface area contributed by atoms with Crippen molar-refractivity contribution in [2.24, 2.45) is 0 Å². The number of nitrogen functional groups attached to an aromatic ring is 1. The van der Waals surface area contributed by atoms with Crippen molar-refractivity contribution in [3.63, 3.8) is 0 Å². The molecule has 2 aromatic heterocycles. The van der Waals surface area contributed by atoms with Crippen LogP contribution in [0.3, 0.4) is 0 Å². The Balaban J connectivity index is 0.000000178. The van der Waals surface area contributed by atoms with Gasteiger partial charge in [0.15, 0.2) is 12.5 Å². The Morgan fingerprint density at radius 3 is 1.82 bits per heavy atom. The maximum Gasteiger partial charge on any atom is 0.351 e. The molecule has 14 nitrogen and oxygen atoms in total. The molecule has 8 atom stereocenters. The topological polar surface area (TPSA) is 163 Å². The van der Waals surface area contributed by atoms with E-state index in [-0.39, 0.29) is 43.0 Å². The van der Waals surface area contributed by atoms with Gasteiger partial charge in [-0.05, 0) is 26.7 Å². The average molecular weight is 625 g/mol. The Hall–Kier alpha value is -3.76. The lowest BCUT2D eigenvalue weighted by Crippen LogP contribution is -2.41. The summed E-state index contributed by atoms with van der Waals surface area (Å²) in [5, 5.41) is 2.90. The number of terminal acetylenes is 2. The van der Waals surface area contributed by atoms with Gasteiger partial charge >= 0.3 is 11.4 Å². The summed E-state index contributed by atoms with van der Waals surface area (Å²) in [5.41, 5.74) is 5.22. The monoisotopic (exact) mass is 624 g/mol. The van der Waals surface area contributed by atoms with E-state index < -0.39 is 35.5 Å². The summed E-state index contributed by atoms with van der Waals surface area (Å²) in [6.45, 7) is 8.90. The van der Waals surface area contributed by atoms with Crippen molar-refractivity contribution in [2.75, 3.05) is 44.5 Å². The standard InChI is InChI=1S/C16H21N3O4.C15H19N3O4/c1-5-7-21-12-11-14(23-16(12,6-2)9-22-11)19-8-10(3)13(17-4)18-15(19)20;1-4-6-20-11-10-13(22-15(11,5-2)8-21-10)18-7-9(3)12(16)17-14(18)19/h1,8,11-12,14H,6-7,9H2,2-4H3,(H,17,18,20);1,7,10-11,13H,5-6,8H2,2-3H3,(H2,16,17,19)/t11?,12-,14-,16+;10?,11-,13-,15+/m11/s1. The first-order chi connectivity index (χ1) is 21.6. The van der Waals surface area contributed by atoms with E-state index in [1.807, 2.05) is 20.8 Å². The van der Waals surface area contributed by atoms with E-state index in [1.54, 1.807) is 26.4 Å². The van der Waals surface area contributed by atoms with Gasteiger partial charge in [-0.3, -0.25) is 9.13 Å². The fourth-order valence-electron chi connectivity index (χ4n) is 6.43. The van der Waals surface area contributed by atoms with Crippen LogP contribution in [0.4, 0.5) is 11.6 Å². The third-order valence-electron chi connectivity index (χ3n) is 8.93. The van der Waals surface area contributed by atoms with E-state index in [0.717, 1.165) is 5.56 Å². The minimum absolute atomic E-state index is 0.177. The number of nitrogens with zero attached hydrogens (tertiary/aromatic N) is 4. The lowest BCUT2D eigenvalue weighted by molar-refractivity contribution is -0.176. The van der Waals surface area contributed by atoms with E-state index in [4.69, 9.17) is 47.0 Å². The molecular weight excluding hydrogens is 584 g/mol. The molecule has 2 unspecified atom stereocenters. The molecule has 0 spiro atoms. The quantitative estimate of drug-likeness (QED) is 0.380. The molecule has 0 aliphatic carbocycles. The second-order valence-electron chi connectivity index (χ2n) is 11.5. The number of fused-ring (bicyclic) bond motifs is 4. The highest BCUT2D eigenvalue weighted by Gasteiger charge is 2.63. The zero-order valence-electron chi connectivity index (χ0n) is 26.1. The van der Waals surface area contributed by atoms with Crippen molar-refractivity contribution < 1.29 is 28.4 Å². The SMILES string of the molecule is C#CCO[C@@H]1C2OC[C@]1(CC)O[C@H]2n1cc(C)c(N)nc1=O.C#CCO[C@@H]1C2OC[C@]1(CC)O[C@H]2n1cc(C)c(NC)nc1=O. The van der Waals surface area contributed by atoms with Crippen LogP contribution in [0.1, 0.15) is 50.3 Å². The molecule has 0 amide bonds. The molecule has 3 N–H and O–H groups in total. The highest BCUT2D eigenvalue weighted by molar-refractivity contribution is 5.40. The zero-order valence-corrected chi connectivity index (χ0v) is 26.1. The number of hydrogen-bond donors (Lipinski definition) is 2. The highest BCUT2D eigenvalue weighted by Crippen LogP contribution is 2.49. The predicted octanol–water partition coefficient (Wildman–Crippen LogP) is 0.917. The van der Waals surface area contributed by atoms with Crippen molar-refractivity contribution >= 4 is 11.6 Å². The summed E-state index contributed by atoms with van der Waals surface area (Å²) in [6, 6.07) is 0. The van der Waals surface area contributed by atoms with Gasteiger partial charge < -0.3 is 39.5 Å². The van der Waals surface area contributed by atoms with Gasteiger partial charge in [0, 0.05) is 30.6 Å². The fraction of sp³-hybridized carbons (Fsp3) is 0.613. The van der Waals surface area contributed by atoms with Gasteiger partial charge in [-0.1, -0.05) is 25.7 Å². The molecule has 14 heteroatoms. The van der Waals surface area contributed by atoms with Crippen LogP contribution in [0.2, 0.25) is 0 Å². The average Bonchev–Trinajstić information content (AvgIpc) is 3.76. The van der Waals surface area contributed by atoms with Gasteiger partial charge in [0.25, 0.3) is 0 Å². The van der Waals surface area contributed by atoms with Gasteiger partial charge in [0.2, 0.25) is 0 Å². The molecule has 4 aliphatic rings. The van der Waals surface area contributed by atoms with Crippen LogP contribution in [0.5, 0.6) is 0 Å². The van der Waals surface area contributed by atoms with Crippen molar-refractivity contribution in [3.8, 4) is 24.7 Å². The molecule has 2 aromatic rings. The molecular formula is C31H40N6O8. The van der Waals surface area contributed by atoms with E-state index in [2.05, 4.69) is 27.1 Å². The van der Waals surface area contributed by atoms with E-state index in [1.165, 1.54) is 9.13 Å². The summed E-state index contributed by atoms with van der Waals surface area (Å²) in [7, 11) is 1.73. The fourth-order valence-corrected chi connectivity index (χ4v) is 6.43. The van der Waals surface area contributed by atoms with Crippen molar-refractivity contribution in [2.45, 2.75) is 88.6 Å². The summed E-state index contributed by atoms with van der Waals surface area (Å²) in [5.74, 6) is 5.70. The largest absolute Gasteiger partial charge is 0.383 e. The number of aryl methyl sites for hydroxylation is 2. The van der Waals surface area contributed by atoms with Crippen LogP contribution in [-0.2, 0) is 28.4 Å². The van der Waals surface area contributed by atoms with Crippen LogP contribution < -0.4 is 22.4 Å². The first-order valence-electron chi connectivity index (χ1n) is 14.9. The predicted molar refractivity (Wildman–Crippen MR) is 163 cm³/mol. The molecule has 0 aromatic carbocycles. The molecule has 0 saturated carbocycles. The maximum absolute atomic E-state index is 12.3. The molecule has 4 bridgehead atoms. The summed E-state index contributed by atoms with van der Waals surface area (Å²) in [6.07, 6.45) is 12.9. The van der Waals surface area contributed by atoms with E-state index in [0.29, 0.717) is 37.4 Å². The zero-order chi connectivity index (χ0) is 32.5. The Bertz CT molecular complexity index is 1610. The maximum atomic E-state index is 12.3. The Kier molecular flexibility index (Phi) is 9.37. The molecule has 4 saturated heterocycles. The Morgan fingerprint density at radius 2 is 1.38 bits per heavy atom. The number of rotatable bonds is 9. The summed E-state index contributed by atoms with van der Waals surface area (Å²) < 4.78 is 38.4. The van der Waals surface area contributed by atoms with Crippen molar-refractivity contribution in [1.29, 1.82) is 0 Å². The van der Waals surface area contributed by atoms with Crippen LogP contribution in [0, 0.1) is 38.5 Å². The number of ether oxygens (including phenoxy) is 6. The Morgan fingerprint density at radius 1 is 0.911 bits per heavy atom. The van der Waals surface area contributed by atoms with Gasteiger partial charge in [0.1, 0.15) is 60.5 Å². The minimum atomic E-state index is -0.587. The van der Waals surface area contributed by atoms with E-state index in [9.17, 15) is 9.59 Å². The van der Waals surface area contributed by atoms with Crippen molar-refractivity contribution in [1.82, 2.24) is 19.1 Å². The molecule has 4 aliphatic heterocycles. The highest BCUT2D eigenvalue weighted by atomic mass is 16.7. The lowest BCUT2D eigenvalue weighted by Gasteiger charge is -2.30. The third-order valence-corrected chi connectivity index (χ3v) is 8.93. The van der Waals surface area contributed by atoms with Crippen LogP contribution in [0.15, 0.2) is 22.0 Å². The first kappa shape index (κ1) is 32.6. The van der Waals surface area contributed by atoms with E-state index >= 15 is 0 Å². The lowest BCUT2D eigenvalue weighted by atomic mass is 9.96. The molecule has 4 fully saturated rings.